The number of carbonyl (C=O) groups is 2. The Kier molecular flexibility index (Phi) is 5.98. The third-order valence-electron chi connectivity index (χ3n) is 4.28. The second-order valence-electron chi connectivity index (χ2n) is 5.83. The fourth-order valence-electron chi connectivity index (χ4n) is 2.87. The summed E-state index contributed by atoms with van der Waals surface area (Å²) >= 11 is 0. The van der Waals surface area contributed by atoms with Crippen molar-refractivity contribution >= 4 is 17.6 Å². The van der Waals surface area contributed by atoms with E-state index in [1.54, 1.807) is 6.92 Å². The van der Waals surface area contributed by atoms with Crippen molar-refractivity contribution in [3.8, 4) is 0 Å². The van der Waals surface area contributed by atoms with Gasteiger partial charge in [0.2, 0.25) is 5.91 Å². The largest absolute Gasteiger partial charge is 0.466 e. The number of anilines is 1. The fraction of sp³-hybridized carbons (Fsp3) is 0.529. The summed E-state index contributed by atoms with van der Waals surface area (Å²) in [6.45, 7) is 4.31. The molecule has 126 valence electrons. The zero-order valence-corrected chi connectivity index (χ0v) is 13.6. The van der Waals surface area contributed by atoms with Crippen LogP contribution in [0.3, 0.4) is 0 Å². The number of nitrogens with two attached hydrogens (primary N) is 1. The zero-order valence-electron chi connectivity index (χ0n) is 13.6. The van der Waals surface area contributed by atoms with Crippen molar-refractivity contribution in [2.24, 2.45) is 5.73 Å². The molecule has 0 spiro atoms. The van der Waals surface area contributed by atoms with Crippen LogP contribution in [0.4, 0.5) is 5.69 Å². The smallest absolute Gasteiger partial charge is 0.307 e. The summed E-state index contributed by atoms with van der Waals surface area (Å²) in [6, 6.07) is 9.63. The van der Waals surface area contributed by atoms with Crippen molar-refractivity contribution in [2.45, 2.75) is 31.7 Å². The molecule has 1 saturated heterocycles. The number of likely N-dealkylation sites (tertiary alicyclic amines) is 1. The van der Waals surface area contributed by atoms with Gasteiger partial charge in [-0.25, -0.2) is 0 Å². The summed E-state index contributed by atoms with van der Waals surface area (Å²) in [7, 11) is 0. The SMILES string of the molecule is CCOC(=O)CCN1CCC(Nc2ccccc2)(C(N)=O)CC1. The highest BCUT2D eigenvalue weighted by Gasteiger charge is 2.39. The van der Waals surface area contributed by atoms with Gasteiger partial charge in [0.1, 0.15) is 5.54 Å². The minimum Gasteiger partial charge on any atom is -0.466 e. The van der Waals surface area contributed by atoms with Crippen LogP contribution in [0.1, 0.15) is 26.2 Å². The average Bonchev–Trinajstić information content (AvgIpc) is 2.55. The Morgan fingerprint density at radius 3 is 2.48 bits per heavy atom. The number of esters is 1. The summed E-state index contributed by atoms with van der Waals surface area (Å²) < 4.78 is 4.94. The lowest BCUT2D eigenvalue weighted by atomic mass is 9.86. The second-order valence-corrected chi connectivity index (χ2v) is 5.83. The first kappa shape index (κ1) is 17.3. The van der Waals surface area contributed by atoms with Crippen molar-refractivity contribution in [1.29, 1.82) is 0 Å². The molecular weight excluding hydrogens is 294 g/mol. The maximum Gasteiger partial charge on any atom is 0.307 e. The van der Waals surface area contributed by atoms with E-state index in [9.17, 15) is 9.59 Å². The molecule has 0 saturated carbocycles. The quantitative estimate of drug-likeness (QED) is 0.742. The number of amides is 1. The first-order chi connectivity index (χ1) is 11.1. The van der Waals surface area contributed by atoms with Crippen molar-refractivity contribution in [2.75, 3.05) is 31.6 Å². The second kappa shape index (κ2) is 7.97. The maximum absolute atomic E-state index is 12.0. The number of carbonyl (C=O) groups excluding carboxylic acids is 2. The van der Waals surface area contributed by atoms with Crippen LogP contribution >= 0.6 is 0 Å². The van der Waals surface area contributed by atoms with Gasteiger partial charge in [-0.1, -0.05) is 18.2 Å². The molecule has 0 unspecified atom stereocenters. The molecule has 1 amide bonds. The van der Waals surface area contributed by atoms with Gasteiger partial charge in [0.15, 0.2) is 0 Å². The number of hydrogen-bond donors (Lipinski definition) is 2. The Labute approximate surface area is 137 Å². The number of benzene rings is 1. The van der Waals surface area contributed by atoms with Crippen LogP contribution in [0.25, 0.3) is 0 Å². The van der Waals surface area contributed by atoms with Crippen molar-refractivity contribution < 1.29 is 14.3 Å². The van der Waals surface area contributed by atoms with Crippen LogP contribution in [0.2, 0.25) is 0 Å². The first-order valence-corrected chi connectivity index (χ1v) is 8.07. The Hall–Kier alpha value is -2.08. The number of para-hydroxylation sites is 1. The highest BCUT2D eigenvalue weighted by molar-refractivity contribution is 5.88. The van der Waals surface area contributed by atoms with Gasteiger partial charge in [0, 0.05) is 25.3 Å². The molecular formula is C17H25N3O3. The molecule has 1 aromatic carbocycles. The van der Waals surface area contributed by atoms with Crippen LogP contribution in [0.5, 0.6) is 0 Å². The van der Waals surface area contributed by atoms with E-state index in [2.05, 4.69) is 10.2 Å². The molecule has 1 aromatic rings. The van der Waals surface area contributed by atoms with Crippen LogP contribution in [-0.4, -0.2) is 48.6 Å². The lowest BCUT2D eigenvalue weighted by Crippen LogP contribution is -2.57. The number of hydrogen-bond acceptors (Lipinski definition) is 5. The normalized spacial score (nSPS) is 17.4. The summed E-state index contributed by atoms with van der Waals surface area (Å²) in [5, 5.41) is 3.31. The minimum absolute atomic E-state index is 0.179. The lowest BCUT2D eigenvalue weighted by molar-refractivity contribution is -0.143. The lowest BCUT2D eigenvalue weighted by Gasteiger charge is -2.40. The number of ether oxygens (including phenoxy) is 1. The molecule has 0 radical (unpaired) electrons. The predicted octanol–water partition coefficient (Wildman–Crippen LogP) is 1.37. The Balaban J connectivity index is 1.90. The number of nitrogens with zero attached hydrogens (tertiary/aromatic N) is 1. The molecule has 1 aliphatic heterocycles. The summed E-state index contributed by atoms with van der Waals surface area (Å²) in [4.78, 5) is 25.6. The molecule has 1 fully saturated rings. The van der Waals surface area contributed by atoms with Gasteiger partial charge in [-0.15, -0.1) is 0 Å². The first-order valence-electron chi connectivity index (χ1n) is 8.07. The van der Waals surface area contributed by atoms with Crippen LogP contribution in [-0.2, 0) is 14.3 Å². The maximum atomic E-state index is 12.0. The van der Waals surface area contributed by atoms with Crippen molar-refractivity contribution in [3.05, 3.63) is 30.3 Å². The molecule has 0 bridgehead atoms. The van der Waals surface area contributed by atoms with Crippen LogP contribution in [0, 0.1) is 0 Å². The number of rotatable bonds is 7. The van der Waals surface area contributed by atoms with Gasteiger partial charge in [-0.3, -0.25) is 9.59 Å². The minimum atomic E-state index is -0.720. The molecule has 23 heavy (non-hydrogen) atoms. The third-order valence-corrected chi connectivity index (χ3v) is 4.28. The van der Waals surface area contributed by atoms with E-state index in [-0.39, 0.29) is 11.9 Å². The van der Waals surface area contributed by atoms with Gasteiger partial charge in [-0.05, 0) is 31.9 Å². The van der Waals surface area contributed by atoms with Gasteiger partial charge in [-0.2, -0.15) is 0 Å². The fourth-order valence-corrected chi connectivity index (χ4v) is 2.87. The van der Waals surface area contributed by atoms with Gasteiger partial charge < -0.3 is 20.7 Å². The van der Waals surface area contributed by atoms with Gasteiger partial charge in [0.25, 0.3) is 0 Å². The Morgan fingerprint density at radius 2 is 1.91 bits per heavy atom. The Morgan fingerprint density at radius 1 is 1.26 bits per heavy atom. The third kappa shape index (κ3) is 4.69. The van der Waals surface area contributed by atoms with E-state index in [4.69, 9.17) is 10.5 Å². The molecule has 0 atom stereocenters. The molecule has 3 N–H and O–H groups in total. The summed E-state index contributed by atoms with van der Waals surface area (Å²) in [5.74, 6) is -0.506. The summed E-state index contributed by atoms with van der Waals surface area (Å²) in [5.41, 5.74) is 5.84. The number of nitrogens with one attached hydrogen (secondary N) is 1. The number of piperidine rings is 1. The molecule has 2 rings (SSSR count). The number of primary amides is 1. The van der Waals surface area contributed by atoms with Gasteiger partial charge in [0.05, 0.1) is 13.0 Å². The molecule has 1 heterocycles. The van der Waals surface area contributed by atoms with Crippen LogP contribution < -0.4 is 11.1 Å². The average molecular weight is 319 g/mol. The predicted molar refractivity (Wildman–Crippen MR) is 88.9 cm³/mol. The highest BCUT2D eigenvalue weighted by Crippen LogP contribution is 2.27. The summed E-state index contributed by atoms with van der Waals surface area (Å²) in [6.07, 6.45) is 1.63. The highest BCUT2D eigenvalue weighted by atomic mass is 16.5. The Bertz CT molecular complexity index is 525. The van der Waals surface area contributed by atoms with E-state index in [1.807, 2.05) is 30.3 Å². The van der Waals surface area contributed by atoms with Gasteiger partial charge >= 0.3 is 5.97 Å². The van der Waals surface area contributed by atoms with E-state index in [0.717, 1.165) is 18.8 Å². The van der Waals surface area contributed by atoms with Crippen LogP contribution in [0.15, 0.2) is 30.3 Å². The monoisotopic (exact) mass is 319 g/mol. The van der Waals surface area contributed by atoms with Crippen molar-refractivity contribution in [1.82, 2.24) is 4.90 Å². The zero-order chi connectivity index (χ0) is 16.7. The standard InChI is InChI=1S/C17H25N3O3/c1-2-23-15(21)8-11-20-12-9-17(10-13-20,16(18)22)19-14-6-4-3-5-7-14/h3-7,19H,2,8-13H2,1H3,(H2,18,22). The van der Waals surface area contributed by atoms with Crippen molar-refractivity contribution in [3.63, 3.8) is 0 Å². The molecule has 6 nitrogen and oxygen atoms in total. The van der Waals surface area contributed by atoms with E-state index in [1.165, 1.54) is 0 Å². The van der Waals surface area contributed by atoms with E-state index >= 15 is 0 Å². The topological polar surface area (TPSA) is 84.7 Å². The van der Waals surface area contributed by atoms with E-state index < -0.39 is 5.54 Å². The molecule has 1 aliphatic rings. The van der Waals surface area contributed by atoms with E-state index in [0.29, 0.717) is 32.4 Å². The molecule has 0 aromatic heterocycles. The molecule has 0 aliphatic carbocycles. The molecule has 6 heteroatoms.